The Morgan fingerprint density at radius 3 is 2.89 bits per heavy atom. The number of hydrogen-bond donors (Lipinski definition) is 3. The van der Waals surface area contributed by atoms with E-state index >= 15 is 0 Å². The van der Waals surface area contributed by atoms with Gasteiger partial charge in [-0.3, -0.25) is 4.98 Å². The number of aliphatic hydroxyl groups is 1. The summed E-state index contributed by atoms with van der Waals surface area (Å²) in [5, 5.41) is 15.1. The Morgan fingerprint density at radius 1 is 1.33 bits per heavy atom. The van der Waals surface area contributed by atoms with E-state index in [4.69, 9.17) is 5.73 Å². The number of pyridine rings is 1. The third kappa shape index (κ3) is 2.15. The fourth-order valence-corrected chi connectivity index (χ4v) is 3.37. The molecule has 0 aromatic carbocycles. The molecule has 0 unspecified atom stereocenters. The van der Waals surface area contributed by atoms with E-state index in [2.05, 4.69) is 10.3 Å². The molecular formula is C13H17N3OS. The summed E-state index contributed by atoms with van der Waals surface area (Å²) in [6, 6.07) is 2.42. The van der Waals surface area contributed by atoms with Gasteiger partial charge in [0.15, 0.2) is 0 Å². The molecule has 96 valence electrons. The van der Waals surface area contributed by atoms with Gasteiger partial charge in [0.1, 0.15) is 0 Å². The van der Waals surface area contributed by atoms with Crippen molar-refractivity contribution in [3.63, 3.8) is 0 Å². The van der Waals surface area contributed by atoms with Crippen LogP contribution in [0.1, 0.15) is 25.7 Å². The monoisotopic (exact) mass is 263 g/mol. The number of nitrogens with one attached hydrogen (secondary N) is 1. The Morgan fingerprint density at radius 2 is 2.11 bits per heavy atom. The molecule has 3 rings (SSSR count). The van der Waals surface area contributed by atoms with Crippen molar-refractivity contribution in [2.45, 2.75) is 37.8 Å². The summed E-state index contributed by atoms with van der Waals surface area (Å²) < 4.78 is 1.13. The first-order chi connectivity index (χ1) is 8.74. The number of fused-ring (bicyclic) bond motifs is 1. The molecule has 0 bridgehead atoms. The smallest absolute Gasteiger partial charge is 0.0832 e. The molecule has 0 spiro atoms. The van der Waals surface area contributed by atoms with Crippen LogP contribution >= 0.6 is 11.3 Å². The largest absolute Gasteiger partial charge is 0.396 e. The quantitative estimate of drug-likeness (QED) is 0.779. The highest BCUT2D eigenvalue weighted by Crippen LogP contribution is 2.34. The van der Waals surface area contributed by atoms with Gasteiger partial charge in [-0.15, -0.1) is 11.3 Å². The molecule has 1 saturated carbocycles. The van der Waals surface area contributed by atoms with E-state index in [1.54, 1.807) is 17.5 Å². The standard InChI is InChI=1S/C13H17N3OS/c14-10-7-15-11-5-6-18-13(11)12(10)16-8-1-3-9(17)4-2-8/h5-9,17H,1-4,14H2,(H,15,16). The molecule has 2 aromatic rings. The highest BCUT2D eigenvalue weighted by molar-refractivity contribution is 7.17. The molecule has 0 atom stereocenters. The summed E-state index contributed by atoms with van der Waals surface area (Å²) in [4.78, 5) is 4.31. The number of aromatic nitrogens is 1. The minimum Gasteiger partial charge on any atom is -0.396 e. The van der Waals surface area contributed by atoms with Gasteiger partial charge < -0.3 is 16.2 Å². The van der Waals surface area contributed by atoms with Crippen LogP contribution in [0.5, 0.6) is 0 Å². The van der Waals surface area contributed by atoms with Crippen molar-refractivity contribution < 1.29 is 5.11 Å². The Labute approximate surface area is 110 Å². The number of hydrogen-bond acceptors (Lipinski definition) is 5. The molecule has 2 aromatic heterocycles. The number of nitrogens with two attached hydrogens (primary N) is 1. The van der Waals surface area contributed by atoms with Crippen LogP contribution in [0.4, 0.5) is 11.4 Å². The summed E-state index contributed by atoms with van der Waals surface area (Å²) in [6.45, 7) is 0. The highest BCUT2D eigenvalue weighted by atomic mass is 32.1. The van der Waals surface area contributed by atoms with Crippen LogP contribution in [0.3, 0.4) is 0 Å². The van der Waals surface area contributed by atoms with E-state index in [0.29, 0.717) is 11.7 Å². The first-order valence-electron chi connectivity index (χ1n) is 6.30. The molecule has 0 amide bonds. The van der Waals surface area contributed by atoms with Crippen molar-refractivity contribution >= 4 is 32.9 Å². The molecule has 1 fully saturated rings. The van der Waals surface area contributed by atoms with Crippen molar-refractivity contribution in [3.8, 4) is 0 Å². The van der Waals surface area contributed by atoms with Crippen molar-refractivity contribution in [1.82, 2.24) is 4.98 Å². The minimum absolute atomic E-state index is 0.125. The van der Waals surface area contributed by atoms with Crippen LogP contribution in [0.25, 0.3) is 10.2 Å². The molecule has 1 aliphatic carbocycles. The fraction of sp³-hybridized carbons (Fsp3) is 0.462. The van der Waals surface area contributed by atoms with E-state index in [1.165, 1.54) is 0 Å². The molecule has 5 heteroatoms. The van der Waals surface area contributed by atoms with Gasteiger partial charge in [0.05, 0.1) is 33.9 Å². The van der Waals surface area contributed by atoms with Crippen LogP contribution in [-0.4, -0.2) is 22.2 Å². The lowest BCUT2D eigenvalue weighted by Gasteiger charge is -2.27. The third-order valence-electron chi connectivity index (χ3n) is 3.55. The summed E-state index contributed by atoms with van der Waals surface area (Å²) in [5.74, 6) is 0. The Hall–Kier alpha value is -1.33. The highest BCUT2D eigenvalue weighted by Gasteiger charge is 2.20. The number of nitrogen functional groups attached to an aromatic ring is 1. The number of thiophene rings is 1. The van der Waals surface area contributed by atoms with Gasteiger partial charge in [-0.05, 0) is 37.1 Å². The van der Waals surface area contributed by atoms with Gasteiger partial charge >= 0.3 is 0 Å². The molecule has 0 radical (unpaired) electrons. The normalized spacial score (nSPS) is 24.3. The van der Waals surface area contributed by atoms with Crippen molar-refractivity contribution in [3.05, 3.63) is 17.6 Å². The topological polar surface area (TPSA) is 71.2 Å². The molecule has 4 N–H and O–H groups in total. The SMILES string of the molecule is Nc1cnc2ccsc2c1NC1CCC(O)CC1. The lowest BCUT2D eigenvalue weighted by atomic mass is 9.93. The zero-order chi connectivity index (χ0) is 12.5. The lowest BCUT2D eigenvalue weighted by Crippen LogP contribution is -2.28. The van der Waals surface area contributed by atoms with E-state index in [9.17, 15) is 5.11 Å². The summed E-state index contributed by atoms with van der Waals surface area (Å²) in [5.41, 5.74) is 8.73. The second kappa shape index (κ2) is 4.74. The second-order valence-electron chi connectivity index (χ2n) is 4.87. The molecule has 18 heavy (non-hydrogen) atoms. The Kier molecular flexibility index (Phi) is 3.09. The first-order valence-corrected chi connectivity index (χ1v) is 7.18. The third-order valence-corrected chi connectivity index (χ3v) is 4.47. The van der Waals surface area contributed by atoms with Gasteiger partial charge in [0, 0.05) is 6.04 Å². The molecule has 0 saturated heterocycles. The van der Waals surface area contributed by atoms with Gasteiger partial charge in [-0.1, -0.05) is 0 Å². The predicted molar refractivity (Wildman–Crippen MR) is 75.9 cm³/mol. The molecule has 1 aliphatic rings. The van der Waals surface area contributed by atoms with E-state index in [0.717, 1.165) is 41.6 Å². The van der Waals surface area contributed by atoms with Crippen LogP contribution in [0, 0.1) is 0 Å². The molecule has 2 heterocycles. The molecular weight excluding hydrogens is 246 g/mol. The first kappa shape index (κ1) is 11.7. The van der Waals surface area contributed by atoms with Crippen molar-refractivity contribution in [2.24, 2.45) is 0 Å². The van der Waals surface area contributed by atoms with Gasteiger partial charge in [0.2, 0.25) is 0 Å². The number of nitrogens with zero attached hydrogens (tertiary/aromatic N) is 1. The number of aliphatic hydroxyl groups excluding tert-OH is 1. The Balaban J connectivity index is 1.85. The zero-order valence-corrected chi connectivity index (χ0v) is 10.9. The van der Waals surface area contributed by atoms with Gasteiger partial charge in [-0.2, -0.15) is 0 Å². The van der Waals surface area contributed by atoms with Crippen LogP contribution in [0.2, 0.25) is 0 Å². The molecule has 0 aliphatic heterocycles. The summed E-state index contributed by atoms with van der Waals surface area (Å²) in [7, 11) is 0. The number of rotatable bonds is 2. The van der Waals surface area contributed by atoms with Crippen LogP contribution in [0.15, 0.2) is 17.6 Å². The van der Waals surface area contributed by atoms with E-state index < -0.39 is 0 Å². The van der Waals surface area contributed by atoms with Crippen molar-refractivity contribution in [1.29, 1.82) is 0 Å². The van der Waals surface area contributed by atoms with Gasteiger partial charge in [-0.25, -0.2) is 0 Å². The minimum atomic E-state index is -0.125. The maximum absolute atomic E-state index is 9.53. The Bertz CT molecular complexity index is 546. The average Bonchev–Trinajstić information content (AvgIpc) is 2.84. The van der Waals surface area contributed by atoms with Crippen LogP contribution in [-0.2, 0) is 0 Å². The average molecular weight is 263 g/mol. The zero-order valence-electron chi connectivity index (χ0n) is 10.1. The van der Waals surface area contributed by atoms with Gasteiger partial charge in [0.25, 0.3) is 0 Å². The maximum Gasteiger partial charge on any atom is 0.0832 e. The predicted octanol–water partition coefficient (Wildman–Crippen LogP) is 2.59. The second-order valence-corrected chi connectivity index (χ2v) is 5.79. The number of anilines is 2. The summed E-state index contributed by atoms with van der Waals surface area (Å²) >= 11 is 1.66. The maximum atomic E-state index is 9.53. The fourth-order valence-electron chi connectivity index (χ4n) is 2.50. The van der Waals surface area contributed by atoms with E-state index in [-0.39, 0.29) is 6.10 Å². The van der Waals surface area contributed by atoms with Crippen LogP contribution < -0.4 is 11.1 Å². The lowest BCUT2D eigenvalue weighted by molar-refractivity contribution is 0.126. The molecule has 4 nitrogen and oxygen atoms in total. The van der Waals surface area contributed by atoms with Crippen molar-refractivity contribution in [2.75, 3.05) is 11.1 Å². The summed E-state index contributed by atoms with van der Waals surface area (Å²) in [6.07, 6.45) is 5.33. The van der Waals surface area contributed by atoms with E-state index in [1.807, 2.05) is 11.4 Å².